The van der Waals surface area contributed by atoms with Gasteiger partial charge in [-0.15, -0.1) is 11.6 Å². The van der Waals surface area contributed by atoms with Crippen molar-refractivity contribution in [3.8, 4) is 0 Å². The Labute approximate surface area is 124 Å². The van der Waals surface area contributed by atoms with Crippen LogP contribution in [0.25, 0.3) is 0 Å². The molecule has 0 atom stereocenters. The molecule has 0 aromatic carbocycles. The monoisotopic (exact) mass is 289 g/mol. The van der Waals surface area contributed by atoms with Crippen LogP contribution >= 0.6 is 11.6 Å². The molecule has 0 aliphatic heterocycles. The van der Waals surface area contributed by atoms with Crippen molar-refractivity contribution >= 4 is 17.5 Å². The van der Waals surface area contributed by atoms with Crippen LogP contribution in [0.1, 0.15) is 78.1 Å². The summed E-state index contributed by atoms with van der Waals surface area (Å²) in [6.45, 7) is 5.73. The van der Waals surface area contributed by atoms with Crippen LogP contribution in [0.4, 0.5) is 0 Å². The summed E-state index contributed by atoms with van der Waals surface area (Å²) in [4.78, 5) is 13.7. The van der Waals surface area contributed by atoms with E-state index in [0.717, 1.165) is 13.0 Å². The van der Waals surface area contributed by atoms with Gasteiger partial charge in [0, 0.05) is 25.4 Å². The van der Waals surface area contributed by atoms with Crippen LogP contribution in [0.2, 0.25) is 0 Å². The number of carbonyl (C=O) groups is 1. The van der Waals surface area contributed by atoms with Crippen LogP contribution in [-0.2, 0) is 4.79 Å². The van der Waals surface area contributed by atoms with Crippen LogP contribution in [0.5, 0.6) is 0 Å². The molecular weight excluding hydrogens is 258 g/mol. The molecule has 0 unspecified atom stereocenters. The van der Waals surface area contributed by atoms with E-state index in [0.29, 0.717) is 18.8 Å². The molecule has 0 radical (unpaired) electrons. The lowest BCUT2D eigenvalue weighted by atomic mass is 10.1. The molecule has 19 heavy (non-hydrogen) atoms. The van der Waals surface area contributed by atoms with E-state index in [1.165, 1.54) is 51.4 Å². The van der Waals surface area contributed by atoms with Gasteiger partial charge < -0.3 is 4.90 Å². The summed E-state index contributed by atoms with van der Waals surface area (Å²) < 4.78 is 0. The molecule has 0 spiro atoms. The maximum Gasteiger partial charge on any atom is 0.222 e. The molecule has 0 saturated heterocycles. The summed E-state index contributed by atoms with van der Waals surface area (Å²) >= 11 is 5.68. The highest BCUT2D eigenvalue weighted by Gasteiger charge is 2.09. The Bertz CT molecular complexity index is 209. The van der Waals surface area contributed by atoms with Gasteiger partial charge >= 0.3 is 0 Å². The van der Waals surface area contributed by atoms with Crippen LogP contribution < -0.4 is 0 Å². The van der Waals surface area contributed by atoms with Gasteiger partial charge in [-0.3, -0.25) is 4.79 Å². The number of hydrogen-bond donors (Lipinski definition) is 0. The summed E-state index contributed by atoms with van der Waals surface area (Å²) in [7, 11) is 0. The average Bonchev–Trinajstić information content (AvgIpc) is 2.42. The topological polar surface area (TPSA) is 20.3 Å². The SMILES string of the molecule is CCCCCCCCCCCC(=O)N(CC)CCCl. The van der Waals surface area contributed by atoms with E-state index >= 15 is 0 Å². The molecule has 0 saturated carbocycles. The van der Waals surface area contributed by atoms with Crippen LogP contribution in [-0.4, -0.2) is 29.8 Å². The Morgan fingerprint density at radius 3 is 1.89 bits per heavy atom. The minimum Gasteiger partial charge on any atom is -0.342 e. The number of carbonyl (C=O) groups excluding carboxylic acids is 1. The van der Waals surface area contributed by atoms with Crippen molar-refractivity contribution in [1.29, 1.82) is 0 Å². The first kappa shape index (κ1) is 18.8. The highest BCUT2D eigenvalue weighted by atomic mass is 35.5. The molecule has 0 bridgehead atoms. The number of nitrogens with zero attached hydrogens (tertiary/aromatic N) is 1. The highest BCUT2D eigenvalue weighted by molar-refractivity contribution is 6.18. The molecule has 2 nitrogen and oxygen atoms in total. The Morgan fingerprint density at radius 2 is 1.42 bits per heavy atom. The molecule has 3 heteroatoms. The Kier molecular flexibility index (Phi) is 14.0. The summed E-state index contributed by atoms with van der Waals surface area (Å²) in [5.41, 5.74) is 0. The number of halogens is 1. The van der Waals surface area contributed by atoms with Crippen molar-refractivity contribution in [3.05, 3.63) is 0 Å². The first-order chi connectivity index (χ1) is 9.26. The maximum absolute atomic E-state index is 11.8. The third-order valence-electron chi connectivity index (χ3n) is 3.58. The summed E-state index contributed by atoms with van der Waals surface area (Å²) in [6, 6.07) is 0. The average molecular weight is 290 g/mol. The summed E-state index contributed by atoms with van der Waals surface area (Å²) in [6.07, 6.45) is 12.4. The van der Waals surface area contributed by atoms with E-state index < -0.39 is 0 Å². The standard InChI is InChI=1S/C16H32ClNO/c1-3-5-6-7-8-9-10-11-12-13-16(19)18(4-2)15-14-17/h3-15H2,1-2H3. The third-order valence-corrected chi connectivity index (χ3v) is 3.75. The smallest absolute Gasteiger partial charge is 0.222 e. The van der Waals surface area contributed by atoms with Gasteiger partial charge in [0.25, 0.3) is 0 Å². The predicted molar refractivity (Wildman–Crippen MR) is 84.8 cm³/mol. The fourth-order valence-electron chi connectivity index (χ4n) is 2.31. The number of amides is 1. The van der Waals surface area contributed by atoms with E-state index in [9.17, 15) is 4.79 Å². The highest BCUT2D eigenvalue weighted by Crippen LogP contribution is 2.11. The lowest BCUT2D eigenvalue weighted by Crippen LogP contribution is -2.32. The van der Waals surface area contributed by atoms with Crippen molar-refractivity contribution in [2.24, 2.45) is 0 Å². The maximum atomic E-state index is 11.8. The molecule has 0 heterocycles. The molecule has 0 fully saturated rings. The van der Waals surface area contributed by atoms with Crippen molar-refractivity contribution < 1.29 is 4.79 Å². The van der Waals surface area contributed by atoms with Crippen molar-refractivity contribution in [1.82, 2.24) is 4.90 Å². The minimum atomic E-state index is 0.270. The van der Waals surface area contributed by atoms with E-state index in [1.807, 2.05) is 11.8 Å². The van der Waals surface area contributed by atoms with Crippen LogP contribution in [0.3, 0.4) is 0 Å². The first-order valence-electron chi connectivity index (χ1n) is 8.10. The van der Waals surface area contributed by atoms with Gasteiger partial charge in [0.2, 0.25) is 5.91 Å². The van der Waals surface area contributed by atoms with Gasteiger partial charge in [0.05, 0.1) is 0 Å². The first-order valence-corrected chi connectivity index (χ1v) is 8.63. The van der Waals surface area contributed by atoms with Gasteiger partial charge in [-0.05, 0) is 13.3 Å². The number of hydrogen-bond acceptors (Lipinski definition) is 1. The zero-order valence-corrected chi connectivity index (χ0v) is 13.7. The zero-order chi connectivity index (χ0) is 14.3. The third kappa shape index (κ3) is 11.3. The van der Waals surface area contributed by atoms with Crippen LogP contribution in [0, 0.1) is 0 Å². The van der Waals surface area contributed by atoms with Gasteiger partial charge in [0.15, 0.2) is 0 Å². The fraction of sp³-hybridized carbons (Fsp3) is 0.938. The van der Waals surface area contributed by atoms with Gasteiger partial charge in [-0.1, -0.05) is 58.3 Å². The van der Waals surface area contributed by atoms with Crippen LogP contribution in [0.15, 0.2) is 0 Å². The van der Waals surface area contributed by atoms with E-state index in [-0.39, 0.29) is 5.91 Å². The second-order valence-corrected chi connectivity index (χ2v) is 5.62. The lowest BCUT2D eigenvalue weighted by molar-refractivity contribution is -0.130. The molecule has 0 N–H and O–H groups in total. The van der Waals surface area contributed by atoms with Crippen molar-refractivity contribution in [2.45, 2.75) is 78.1 Å². The van der Waals surface area contributed by atoms with Gasteiger partial charge in [-0.2, -0.15) is 0 Å². The van der Waals surface area contributed by atoms with Gasteiger partial charge in [-0.25, -0.2) is 0 Å². The predicted octanol–water partition coefficient (Wildman–Crippen LogP) is 4.99. The second-order valence-electron chi connectivity index (χ2n) is 5.24. The molecule has 0 aromatic heterocycles. The molecule has 0 aromatic rings. The number of alkyl halides is 1. The van der Waals surface area contributed by atoms with Gasteiger partial charge in [0.1, 0.15) is 0 Å². The second kappa shape index (κ2) is 14.2. The van der Waals surface area contributed by atoms with Crippen molar-refractivity contribution in [3.63, 3.8) is 0 Å². The summed E-state index contributed by atoms with van der Waals surface area (Å²) in [5.74, 6) is 0.809. The Hall–Kier alpha value is -0.240. The largest absolute Gasteiger partial charge is 0.342 e. The molecular formula is C16H32ClNO. The zero-order valence-electron chi connectivity index (χ0n) is 12.9. The molecule has 0 aliphatic rings. The minimum absolute atomic E-state index is 0.270. The lowest BCUT2D eigenvalue weighted by Gasteiger charge is -2.19. The fourth-order valence-corrected chi connectivity index (χ4v) is 2.51. The number of unbranched alkanes of at least 4 members (excludes halogenated alkanes) is 8. The normalized spacial score (nSPS) is 10.7. The molecule has 1 amide bonds. The van der Waals surface area contributed by atoms with E-state index in [4.69, 9.17) is 11.6 Å². The molecule has 0 aliphatic carbocycles. The Morgan fingerprint density at radius 1 is 0.895 bits per heavy atom. The van der Waals surface area contributed by atoms with Crippen molar-refractivity contribution in [2.75, 3.05) is 19.0 Å². The Balaban J connectivity index is 3.35. The molecule has 0 rings (SSSR count). The summed E-state index contributed by atoms with van der Waals surface area (Å²) in [5, 5.41) is 0. The van der Waals surface area contributed by atoms with E-state index in [2.05, 4.69) is 6.92 Å². The quantitative estimate of drug-likeness (QED) is 0.345. The molecule has 114 valence electrons. The van der Waals surface area contributed by atoms with E-state index in [1.54, 1.807) is 0 Å². The number of rotatable bonds is 13.